The van der Waals surface area contributed by atoms with E-state index in [4.69, 9.17) is 13.9 Å². The Labute approximate surface area is 199 Å². The van der Waals surface area contributed by atoms with Crippen LogP contribution in [0.25, 0.3) is 10.8 Å². The van der Waals surface area contributed by atoms with Crippen molar-refractivity contribution in [2.75, 3.05) is 13.7 Å². The van der Waals surface area contributed by atoms with E-state index in [1.807, 2.05) is 30.3 Å². The highest BCUT2D eigenvalue weighted by Gasteiger charge is 2.37. The van der Waals surface area contributed by atoms with Crippen molar-refractivity contribution in [1.82, 2.24) is 0 Å². The second kappa shape index (κ2) is 10.7. The van der Waals surface area contributed by atoms with Crippen LogP contribution in [0.2, 0.25) is 18.1 Å². The number of rotatable bonds is 10. The molecule has 1 atom stereocenters. The van der Waals surface area contributed by atoms with Gasteiger partial charge in [0.05, 0.1) is 19.8 Å². The van der Waals surface area contributed by atoms with E-state index in [0.717, 1.165) is 22.6 Å². The predicted octanol–water partition coefficient (Wildman–Crippen LogP) is 6.74. The Bertz CT molecular complexity index is 1060. The van der Waals surface area contributed by atoms with Gasteiger partial charge in [-0.15, -0.1) is 0 Å². The van der Waals surface area contributed by atoms with Gasteiger partial charge in [-0.1, -0.05) is 69.3 Å². The first-order chi connectivity index (χ1) is 15.6. The molecule has 5 heteroatoms. The van der Waals surface area contributed by atoms with Crippen LogP contribution in [0.3, 0.4) is 0 Å². The van der Waals surface area contributed by atoms with Gasteiger partial charge >= 0.3 is 0 Å². The monoisotopic (exact) mass is 466 g/mol. The summed E-state index contributed by atoms with van der Waals surface area (Å²) in [5.74, 6) is 1.45. The fourth-order valence-electron chi connectivity index (χ4n) is 3.52. The number of aliphatic hydroxyl groups excluding tert-OH is 1. The van der Waals surface area contributed by atoms with Crippen LogP contribution in [-0.2, 0) is 17.5 Å². The molecule has 4 nitrogen and oxygen atoms in total. The van der Waals surface area contributed by atoms with Crippen LogP contribution in [0, 0.1) is 0 Å². The molecule has 3 rings (SSSR count). The molecule has 0 saturated carbocycles. The molecule has 3 aromatic carbocycles. The first-order valence-corrected chi connectivity index (χ1v) is 14.6. The van der Waals surface area contributed by atoms with E-state index in [2.05, 4.69) is 64.2 Å². The summed E-state index contributed by atoms with van der Waals surface area (Å²) in [5, 5.41) is 13.1. The fraction of sp³-hybridized carbons (Fsp3) is 0.429. The van der Waals surface area contributed by atoms with Crippen LogP contribution >= 0.6 is 0 Å². The molecule has 1 N–H and O–H groups in total. The molecular formula is C28H38O4Si. The van der Waals surface area contributed by atoms with Crippen LogP contribution in [0.5, 0.6) is 11.5 Å². The lowest BCUT2D eigenvalue weighted by Crippen LogP contribution is -2.42. The van der Waals surface area contributed by atoms with Crippen LogP contribution < -0.4 is 9.47 Å². The van der Waals surface area contributed by atoms with E-state index in [0.29, 0.717) is 26.1 Å². The smallest absolute Gasteiger partial charge is 0.192 e. The first kappa shape index (κ1) is 25.3. The molecule has 1 unspecified atom stereocenters. The molecule has 33 heavy (non-hydrogen) atoms. The van der Waals surface area contributed by atoms with E-state index < -0.39 is 14.4 Å². The molecule has 0 aliphatic heterocycles. The number of ether oxygens (including phenoxy) is 2. The highest BCUT2D eigenvalue weighted by atomic mass is 28.4. The summed E-state index contributed by atoms with van der Waals surface area (Å²) < 4.78 is 18.0. The lowest BCUT2D eigenvalue weighted by atomic mass is 10.1. The number of methoxy groups -OCH3 is 1. The maximum atomic E-state index is 10.5. The summed E-state index contributed by atoms with van der Waals surface area (Å²) in [5.41, 5.74) is 2.14. The summed E-state index contributed by atoms with van der Waals surface area (Å²) in [6, 6.07) is 20.6. The highest BCUT2D eigenvalue weighted by Crippen LogP contribution is 2.37. The maximum Gasteiger partial charge on any atom is 0.192 e. The lowest BCUT2D eigenvalue weighted by molar-refractivity contribution is 0.0930. The van der Waals surface area contributed by atoms with Crippen molar-refractivity contribution < 1.29 is 19.0 Å². The first-order valence-electron chi connectivity index (χ1n) is 11.7. The summed E-state index contributed by atoms with van der Waals surface area (Å²) in [4.78, 5) is 0. The number of fused-ring (bicyclic) bond motifs is 1. The van der Waals surface area contributed by atoms with Crippen LogP contribution in [0.4, 0.5) is 0 Å². The molecule has 0 radical (unpaired) electrons. The van der Waals surface area contributed by atoms with Crippen molar-refractivity contribution in [1.29, 1.82) is 0 Å². The molecule has 0 spiro atoms. The van der Waals surface area contributed by atoms with Gasteiger partial charge in [-0.2, -0.15) is 0 Å². The van der Waals surface area contributed by atoms with Crippen molar-refractivity contribution in [2.45, 2.75) is 64.5 Å². The van der Waals surface area contributed by atoms with E-state index in [-0.39, 0.29) is 5.04 Å². The molecule has 0 fully saturated rings. The summed E-state index contributed by atoms with van der Waals surface area (Å²) in [6.07, 6.45) is 0.795. The van der Waals surface area contributed by atoms with E-state index in [9.17, 15) is 5.11 Å². The zero-order valence-corrected chi connectivity index (χ0v) is 21.9. The van der Waals surface area contributed by atoms with Crippen LogP contribution in [0.15, 0.2) is 60.7 Å². The number of para-hydroxylation sites is 1. The number of hydrogen-bond acceptors (Lipinski definition) is 4. The van der Waals surface area contributed by atoms with E-state index >= 15 is 0 Å². The highest BCUT2D eigenvalue weighted by molar-refractivity contribution is 6.74. The number of hydrogen-bond donors (Lipinski definition) is 1. The average molecular weight is 467 g/mol. The Morgan fingerprint density at radius 3 is 2.36 bits per heavy atom. The van der Waals surface area contributed by atoms with Gasteiger partial charge in [0, 0.05) is 0 Å². The molecule has 0 bridgehead atoms. The minimum atomic E-state index is -1.87. The molecule has 0 aromatic heterocycles. The maximum absolute atomic E-state index is 10.5. The van der Waals surface area contributed by atoms with Gasteiger partial charge in [-0.3, -0.25) is 0 Å². The van der Waals surface area contributed by atoms with Crippen molar-refractivity contribution in [3.05, 3.63) is 71.8 Å². The number of benzene rings is 3. The van der Waals surface area contributed by atoms with Gasteiger partial charge in [0.15, 0.2) is 19.8 Å². The van der Waals surface area contributed by atoms with Gasteiger partial charge in [0.25, 0.3) is 0 Å². The largest absolute Gasteiger partial charge is 0.493 e. The van der Waals surface area contributed by atoms with Crippen LogP contribution in [-0.4, -0.2) is 33.2 Å². The molecule has 0 saturated heterocycles. The quantitative estimate of drug-likeness (QED) is 0.336. The average Bonchev–Trinajstić information content (AvgIpc) is 2.79. The normalized spacial score (nSPS) is 13.2. The van der Waals surface area contributed by atoms with Gasteiger partial charge in [-0.05, 0) is 65.0 Å². The zero-order chi connectivity index (χ0) is 24.1. The molecule has 178 valence electrons. The molecule has 0 aliphatic carbocycles. The Morgan fingerprint density at radius 2 is 1.67 bits per heavy atom. The molecular weight excluding hydrogens is 428 g/mol. The standard InChI is InChI=1S/C28H38O4Si/c1-28(2,3)33(5,6)32-20-25(29)17-16-23-12-9-13-26(27(23)30-4)31-19-21-14-15-22-10-7-8-11-24(22)18-21/h7-15,18,25,29H,16-17,19-20H2,1-6H3. The third kappa shape index (κ3) is 6.59. The summed E-state index contributed by atoms with van der Waals surface area (Å²) >= 11 is 0. The van der Waals surface area contributed by atoms with Crippen molar-refractivity contribution in [2.24, 2.45) is 0 Å². The third-order valence-electron chi connectivity index (χ3n) is 6.66. The Morgan fingerprint density at radius 1 is 0.939 bits per heavy atom. The zero-order valence-electron chi connectivity index (χ0n) is 20.9. The fourth-order valence-corrected chi connectivity index (χ4v) is 4.56. The van der Waals surface area contributed by atoms with E-state index in [1.165, 1.54) is 10.8 Å². The minimum absolute atomic E-state index is 0.132. The number of aryl methyl sites for hydroxylation is 1. The Hall–Kier alpha value is -2.34. The number of aliphatic hydroxyl groups is 1. The molecule has 3 aromatic rings. The van der Waals surface area contributed by atoms with Gasteiger partial charge < -0.3 is 19.0 Å². The Balaban J connectivity index is 1.61. The van der Waals surface area contributed by atoms with E-state index in [1.54, 1.807) is 7.11 Å². The van der Waals surface area contributed by atoms with Crippen molar-refractivity contribution >= 4 is 19.1 Å². The molecule has 0 amide bonds. The minimum Gasteiger partial charge on any atom is -0.493 e. The summed E-state index contributed by atoms with van der Waals surface area (Å²) in [7, 11) is -0.202. The van der Waals surface area contributed by atoms with Gasteiger partial charge in [0.2, 0.25) is 0 Å². The predicted molar refractivity (Wildman–Crippen MR) is 139 cm³/mol. The van der Waals surface area contributed by atoms with Gasteiger partial charge in [-0.25, -0.2) is 0 Å². The SMILES string of the molecule is COc1c(CCC(O)CO[Si](C)(C)C(C)(C)C)cccc1OCc1ccc2ccccc2c1. The van der Waals surface area contributed by atoms with Crippen molar-refractivity contribution in [3.8, 4) is 11.5 Å². The second-order valence-electron chi connectivity index (χ2n) is 10.2. The van der Waals surface area contributed by atoms with Gasteiger partial charge in [0.1, 0.15) is 6.61 Å². The van der Waals surface area contributed by atoms with Crippen LogP contribution in [0.1, 0.15) is 38.3 Å². The Kier molecular flexibility index (Phi) is 8.22. The van der Waals surface area contributed by atoms with Crippen molar-refractivity contribution in [3.63, 3.8) is 0 Å². The second-order valence-corrected chi connectivity index (χ2v) is 15.0. The molecule has 0 heterocycles. The summed E-state index contributed by atoms with van der Waals surface area (Å²) in [6.45, 7) is 11.9. The molecule has 0 aliphatic rings. The topological polar surface area (TPSA) is 47.9 Å². The third-order valence-corrected chi connectivity index (χ3v) is 11.2. The lowest BCUT2D eigenvalue weighted by Gasteiger charge is -2.36.